The van der Waals surface area contributed by atoms with Gasteiger partial charge in [-0.1, -0.05) is 18.2 Å². The number of alkyl halides is 2. The van der Waals surface area contributed by atoms with Gasteiger partial charge in [-0.2, -0.15) is 8.78 Å². The Labute approximate surface area is 213 Å². The fourth-order valence-corrected chi connectivity index (χ4v) is 4.91. The van der Waals surface area contributed by atoms with Crippen LogP contribution in [0, 0.1) is 0 Å². The molecule has 3 aliphatic heterocycles. The van der Waals surface area contributed by atoms with E-state index in [2.05, 4.69) is 20.6 Å². The molecule has 1 unspecified atom stereocenters. The van der Waals surface area contributed by atoms with Crippen molar-refractivity contribution in [1.82, 2.24) is 25.1 Å². The average Bonchev–Trinajstić information content (AvgIpc) is 3.33. The van der Waals surface area contributed by atoms with Gasteiger partial charge in [-0.3, -0.25) is 0 Å². The number of carbonyl (C=O) groups is 1. The van der Waals surface area contributed by atoms with E-state index in [0.29, 0.717) is 63.0 Å². The first-order valence-electron chi connectivity index (χ1n) is 12.1. The smallest absolute Gasteiger partial charge is 0.320 e. The molecule has 9 nitrogen and oxygen atoms in total. The van der Waals surface area contributed by atoms with Gasteiger partial charge in [-0.05, 0) is 30.2 Å². The van der Waals surface area contributed by atoms with Crippen LogP contribution in [0.25, 0.3) is 0 Å². The summed E-state index contributed by atoms with van der Waals surface area (Å²) in [5, 5.41) is 6.32. The Morgan fingerprint density at radius 1 is 1.22 bits per heavy atom. The maximum atomic E-state index is 15.1. The first-order chi connectivity index (χ1) is 17.3. The van der Waals surface area contributed by atoms with Gasteiger partial charge >= 0.3 is 6.03 Å². The quantitative estimate of drug-likeness (QED) is 0.583. The maximum Gasteiger partial charge on any atom is 0.320 e. The van der Waals surface area contributed by atoms with Crippen LogP contribution >= 0.6 is 11.6 Å². The van der Waals surface area contributed by atoms with Gasteiger partial charge in [0.1, 0.15) is 11.9 Å². The summed E-state index contributed by atoms with van der Waals surface area (Å²) in [5.41, 5.74) is 2.01. The van der Waals surface area contributed by atoms with Crippen molar-refractivity contribution < 1.29 is 23.0 Å². The third-order valence-electron chi connectivity index (χ3n) is 6.76. The summed E-state index contributed by atoms with van der Waals surface area (Å²) in [6.45, 7) is 5.56. The van der Waals surface area contributed by atoms with E-state index >= 15 is 8.78 Å². The molecule has 0 saturated carbocycles. The molecule has 2 atom stereocenters. The van der Waals surface area contributed by atoms with Gasteiger partial charge in [0.2, 0.25) is 5.28 Å². The summed E-state index contributed by atoms with van der Waals surface area (Å²) in [4.78, 5) is 25.1. The third kappa shape index (κ3) is 5.10. The van der Waals surface area contributed by atoms with E-state index in [9.17, 15) is 4.79 Å². The number of carbonyl (C=O) groups excluding carboxylic acids is 1. The zero-order valence-corrected chi connectivity index (χ0v) is 20.7. The van der Waals surface area contributed by atoms with E-state index in [1.165, 1.54) is 12.1 Å². The zero-order valence-electron chi connectivity index (χ0n) is 20.0. The summed E-state index contributed by atoms with van der Waals surface area (Å²) in [7, 11) is 0. The molecule has 2 amide bonds. The van der Waals surface area contributed by atoms with E-state index in [1.807, 2.05) is 6.92 Å². The van der Waals surface area contributed by atoms with Gasteiger partial charge in [-0.25, -0.2) is 14.8 Å². The van der Waals surface area contributed by atoms with Crippen molar-refractivity contribution in [2.24, 2.45) is 0 Å². The Bertz CT molecular complexity index is 1110. The van der Waals surface area contributed by atoms with Crippen molar-refractivity contribution in [3.63, 3.8) is 0 Å². The number of nitrogens with one attached hydrogen (secondary N) is 2. The third-order valence-corrected chi connectivity index (χ3v) is 6.93. The molecule has 2 fully saturated rings. The molecule has 194 valence electrons. The van der Waals surface area contributed by atoms with Crippen LogP contribution < -0.4 is 10.6 Å². The minimum absolute atomic E-state index is 0.0614. The number of nitrogens with zero attached hydrogens (tertiary/aromatic N) is 4. The number of urea groups is 1. The van der Waals surface area contributed by atoms with Gasteiger partial charge in [0.15, 0.2) is 0 Å². The van der Waals surface area contributed by atoms with Crippen molar-refractivity contribution in [3.8, 4) is 0 Å². The molecule has 0 spiro atoms. The molecular weight excluding hydrogens is 494 g/mol. The van der Waals surface area contributed by atoms with Crippen molar-refractivity contribution in [2.45, 2.75) is 38.1 Å². The number of benzene rings is 1. The lowest BCUT2D eigenvalue weighted by Gasteiger charge is -2.31. The SMILES string of the molecule is C[C@@H](Nc1nc(Cl)nc2c1CN(C(=O)N1CCOCC1)C2)c1cccc(C(F)(F)C2CNCCO2)c1. The molecule has 2 saturated heterocycles. The largest absolute Gasteiger partial charge is 0.378 e. The highest BCUT2D eigenvalue weighted by Crippen LogP contribution is 2.36. The normalized spacial score (nSPS) is 21.3. The summed E-state index contributed by atoms with van der Waals surface area (Å²) in [5.74, 6) is -2.64. The second kappa shape index (κ2) is 10.4. The van der Waals surface area contributed by atoms with E-state index in [-0.39, 0.29) is 36.1 Å². The van der Waals surface area contributed by atoms with Crippen LogP contribution in [-0.2, 0) is 28.5 Å². The number of hydrogen-bond acceptors (Lipinski definition) is 7. The highest BCUT2D eigenvalue weighted by molar-refractivity contribution is 6.28. The van der Waals surface area contributed by atoms with Crippen molar-refractivity contribution >= 4 is 23.4 Å². The first kappa shape index (κ1) is 25.1. The predicted molar refractivity (Wildman–Crippen MR) is 129 cm³/mol. The Morgan fingerprint density at radius 3 is 2.78 bits per heavy atom. The van der Waals surface area contributed by atoms with Crippen molar-refractivity contribution in [1.29, 1.82) is 0 Å². The first-order valence-corrected chi connectivity index (χ1v) is 12.4. The van der Waals surface area contributed by atoms with Gasteiger partial charge in [0.05, 0.1) is 38.6 Å². The lowest BCUT2D eigenvalue weighted by Crippen LogP contribution is -2.47. The van der Waals surface area contributed by atoms with Gasteiger partial charge in [0.25, 0.3) is 5.92 Å². The highest BCUT2D eigenvalue weighted by atomic mass is 35.5. The van der Waals surface area contributed by atoms with Crippen LogP contribution in [0.4, 0.5) is 19.4 Å². The summed E-state index contributed by atoms with van der Waals surface area (Å²) >= 11 is 6.19. The molecule has 0 bridgehead atoms. The van der Waals surface area contributed by atoms with Crippen molar-refractivity contribution in [3.05, 3.63) is 51.9 Å². The molecule has 1 aromatic carbocycles. The molecule has 5 rings (SSSR count). The van der Waals surface area contributed by atoms with Crippen LogP contribution in [0.1, 0.15) is 35.3 Å². The molecule has 1 aromatic heterocycles. The second-order valence-electron chi connectivity index (χ2n) is 9.18. The topological polar surface area (TPSA) is 91.9 Å². The van der Waals surface area contributed by atoms with Gasteiger partial charge < -0.3 is 29.9 Å². The van der Waals surface area contributed by atoms with Crippen molar-refractivity contribution in [2.75, 3.05) is 51.3 Å². The lowest BCUT2D eigenvalue weighted by atomic mass is 9.97. The molecule has 2 N–H and O–H groups in total. The van der Waals surface area contributed by atoms with E-state index in [4.69, 9.17) is 21.1 Å². The number of halogens is 3. The number of fused-ring (bicyclic) bond motifs is 1. The standard InChI is InChI=1S/C24H29ClF2N6O3/c1-15(16-3-2-4-17(11-16)24(26,27)20-12-28-5-8-36-20)29-21-18-13-33(14-19(18)30-22(25)31-21)23(34)32-6-9-35-10-7-32/h2-4,11,15,20,28H,5-10,12-14H2,1H3,(H,29,30,31)/t15-,20?/m1/s1. The maximum absolute atomic E-state index is 15.1. The van der Waals surface area contributed by atoms with Gasteiger partial charge in [-0.15, -0.1) is 0 Å². The zero-order chi connectivity index (χ0) is 25.3. The second-order valence-corrected chi connectivity index (χ2v) is 9.52. The lowest BCUT2D eigenvalue weighted by molar-refractivity contribution is -0.151. The number of hydrogen-bond donors (Lipinski definition) is 2. The number of aromatic nitrogens is 2. The molecule has 12 heteroatoms. The van der Waals surface area contributed by atoms with Crippen LogP contribution in [0.3, 0.4) is 0 Å². The molecule has 36 heavy (non-hydrogen) atoms. The fraction of sp³-hybridized carbons (Fsp3) is 0.542. The Balaban J connectivity index is 1.33. The van der Waals surface area contributed by atoms with Gasteiger partial charge in [0, 0.05) is 43.3 Å². The molecule has 3 aliphatic rings. The summed E-state index contributed by atoms with van der Waals surface area (Å²) in [6.07, 6.45) is -1.22. The van der Waals surface area contributed by atoms with Crippen LogP contribution in [0.15, 0.2) is 24.3 Å². The molecular formula is C24H29ClF2N6O3. The minimum atomic E-state index is -3.14. The molecule has 0 aliphatic carbocycles. The summed E-state index contributed by atoms with van der Waals surface area (Å²) < 4.78 is 41.0. The van der Waals surface area contributed by atoms with E-state index in [1.54, 1.807) is 21.9 Å². The fourth-order valence-electron chi connectivity index (χ4n) is 4.72. The van der Waals surface area contributed by atoms with Crippen LogP contribution in [-0.4, -0.2) is 77.9 Å². The number of rotatable bonds is 5. The highest BCUT2D eigenvalue weighted by Gasteiger charge is 2.43. The van der Waals surface area contributed by atoms with Crippen LogP contribution in [0.2, 0.25) is 5.28 Å². The summed E-state index contributed by atoms with van der Waals surface area (Å²) in [6, 6.07) is 5.88. The van der Waals surface area contributed by atoms with Crippen LogP contribution in [0.5, 0.6) is 0 Å². The number of morpholine rings is 2. The average molecular weight is 523 g/mol. The predicted octanol–water partition coefficient (Wildman–Crippen LogP) is 3.15. The molecule has 0 radical (unpaired) electrons. The number of anilines is 1. The number of amides is 2. The molecule has 2 aromatic rings. The number of ether oxygens (including phenoxy) is 2. The minimum Gasteiger partial charge on any atom is -0.378 e. The Morgan fingerprint density at radius 2 is 2.03 bits per heavy atom. The molecule has 4 heterocycles. The van der Waals surface area contributed by atoms with E-state index < -0.39 is 12.0 Å². The van der Waals surface area contributed by atoms with E-state index in [0.717, 1.165) is 5.56 Å². The monoisotopic (exact) mass is 522 g/mol. The Kier molecular flexibility index (Phi) is 7.25. The Hall–Kier alpha value is -2.60.